The highest BCUT2D eigenvalue weighted by atomic mass is 32.1. The Labute approximate surface area is 166 Å². The molecule has 0 aliphatic carbocycles. The fraction of sp³-hybridized carbons (Fsp3) is 0.450. The van der Waals surface area contributed by atoms with E-state index < -0.39 is 0 Å². The maximum atomic E-state index is 5.79. The molecule has 0 atom stereocenters. The van der Waals surface area contributed by atoms with E-state index in [1.54, 1.807) is 20.5 Å². The van der Waals surface area contributed by atoms with Crippen LogP contribution in [0.15, 0.2) is 41.0 Å². The van der Waals surface area contributed by atoms with Gasteiger partial charge < -0.3 is 29.0 Å². The smallest absolute Gasteiger partial charge is 0.174 e. The van der Waals surface area contributed by atoms with Gasteiger partial charge in [-0.05, 0) is 69.5 Å². The summed E-state index contributed by atoms with van der Waals surface area (Å²) < 4.78 is 16.4. The van der Waals surface area contributed by atoms with Gasteiger partial charge in [0, 0.05) is 12.1 Å². The number of nitrogens with one attached hydrogen (secondary N) is 1. The molecule has 2 heterocycles. The van der Waals surface area contributed by atoms with Crippen molar-refractivity contribution in [1.29, 1.82) is 0 Å². The number of methoxy groups -OCH3 is 2. The first kappa shape index (κ1) is 19.5. The number of likely N-dealkylation sites (tertiary alicyclic amines) is 1. The summed E-state index contributed by atoms with van der Waals surface area (Å²) in [5.41, 5.74) is 0.791. The van der Waals surface area contributed by atoms with E-state index in [9.17, 15) is 0 Å². The molecule has 0 spiro atoms. The Bertz CT molecular complexity index is 743. The fourth-order valence-corrected chi connectivity index (χ4v) is 3.67. The summed E-state index contributed by atoms with van der Waals surface area (Å²) in [4.78, 5) is 4.57. The van der Waals surface area contributed by atoms with Gasteiger partial charge in [0.1, 0.15) is 17.3 Å². The maximum Gasteiger partial charge on any atom is 0.174 e. The van der Waals surface area contributed by atoms with E-state index in [4.69, 9.17) is 26.1 Å². The zero-order valence-corrected chi connectivity index (χ0v) is 16.9. The standard InChI is InChI=1S/C20H27N3O3S/c1-22-10-8-15(9-11-22)23(14-17-5-4-12-26-17)20(27)21-18-13-16(24-2)6-7-19(18)25-3/h4-7,12-13,15H,8-11,14H2,1-3H3,(H,21,27). The van der Waals surface area contributed by atoms with Crippen molar-refractivity contribution in [2.45, 2.75) is 25.4 Å². The van der Waals surface area contributed by atoms with Crippen LogP contribution < -0.4 is 14.8 Å². The second-order valence-electron chi connectivity index (χ2n) is 6.74. The Morgan fingerprint density at radius 2 is 2.04 bits per heavy atom. The molecule has 27 heavy (non-hydrogen) atoms. The summed E-state index contributed by atoms with van der Waals surface area (Å²) in [5, 5.41) is 4.01. The molecule has 6 nitrogen and oxygen atoms in total. The van der Waals surface area contributed by atoms with E-state index in [2.05, 4.69) is 22.2 Å². The highest BCUT2D eigenvalue weighted by molar-refractivity contribution is 7.80. The number of hydrogen-bond acceptors (Lipinski definition) is 5. The van der Waals surface area contributed by atoms with Crippen LogP contribution in [0.4, 0.5) is 5.69 Å². The minimum Gasteiger partial charge on any atom is -0.497 e. The lowest BCUT2D eigenvalue weighted by Gasteiger charge is -2.38. The lowest BCUT2D eigenvalue weighted by Crippen LogP contribution is -2.47. The zero-order chi connectivity index (χ0) is 19.2. The van der Waals surface area contributed by atoms with Crippen LogP contribution in [-0.4, -0.2) is 55.3 Å². The number of ether oxygens (including phenoxy) is 2. The van der Waals surface area contributed by atoms with E-state index in [0.717, 1.165) is 48.9 Å². The van der Waals surface area contributed by atoms with E-state index in [0.29, 0.717) is 17.7 Å². The lowest BCUT2D eigenvalue weighted by molar-refractivity contribution is 0.168. The number of anilines is 1. The first-order valence-electron chi connectivity index (χ1n) is 9.11. The molecule has 0 amide bonds. The van der Waals surface area contributed by atoms with Crippen LogP contribution in [0.5, 0.6) is 11.5 Å². The summed E-state index contributed by atoms with van der Waals surface area (Å²) in [6.45, 7) is 2.76. The van der Waals surface area contributed by atoms with Crippen molar-refractivity contribution < 1.29 is 13.9 Å². The van der Waals surface area contributed by atoms with E-state index in [-0.39, 0.29) is 0 Å². The molecule has 1 aromatic carbocycles. The van der Waals surface area contributed by atoms with Crippen LogP contribution in [0.25, 0.3) is 0 Å². The molecule has 3 rings (SSSR count). The minimum absolute atomic E-state index is 0.364. The molecular weight excluding hydrogens is 362 g/mol. The van der Waals surface area contributed by atoms with Crippen molar-refractivity contribution in [3.63, 3.8) is 0 Å². The van der Waals surface area contributed by atoms with Crippen LogP contribution in [0.1, 0.15) is 18.6 Å². The van der Waals surface area contributed by atoms with Gasteiger partial charge in [-0.1, -0.05) is 0 Å². The maximum absolute atomic E-state index is 5.79. The highest BCUT2D eigenvalue weighted by Gasteiger charge is 2.26. The SMILES string of the molecule is COc1ccc(OC)c(NC(=S)N(Cc2ccco2)C2CCN(C)CC2)c1. The molecule has 7 heteroatoms. The molecule has 0 saturated carbocycles. The molecule has 0 unspecified atom stereocenters. The van der Waals surface area contributed by atoms with Crippen LogP contribution in [0.2, 0.25) is 0 Å². The average Bonchev–Trinajstić information content (AvgIpc) is 3.20. The molecule has 1 aromatic heterocycles. The van der Waals surface area contributed by atoms with Crippen LogP contribution in [0, 0.1) is 0 Å². The Kier molecular flexibility index (Phi) is 6.58. The Hall–Kier alpha value is -2.25. The molecular formula is C20H27N3O3S. The first-order valence-corrected chi connectivity index (χ1v) is 9.52. The van der Waals surface area contributed by atoms with Crippen LogP contribution in [0.3, 0.4) is 0 Å². The van der Waals surface area contributed by atoms with Gasteiger partial charge in [0.15, 0.2) is 5.11 Å². The predicted molar refractivity (Wildman–Crippen MR) is 111 cm³/mol. The van der Waals surface area contributed by atoms with E-state index >= 15 is 0 Å². The Morgan fingerprint density at radius 1 is 1.26 bits per heavy atom. The fourth-order valence-electron chi connectivity index (χ4n) is 3.34. The summed E-state index contributed by atoms with van der Waals surface area (Å²) >= 11 is 5.79. The molecule has 146 valence electrons. The first-order chi connectivity index (χ1) is 13.1. The molecule has 2 aromatic rings. The number of hydrogen-bond donors (Lipinski definition) is 1. The minimum atomic E-state index is 0.364. The van der Waals surface area contributed by atoms with Gasteiger partial charge >= 0.3 is 0 Å². The average molecular weight is 390 g/mol. The predicted octanol–water partition coefficient (Wildman–Crippen LogP) is 3.59. The summed E-state index contributed by atoms with van der Waals surface area (Å²) in [6.07, 6.45) is 3.83. The number of thiocarbonyl (C=S) groups is 1. The van der Waals surface area contributed by atoms with Crippen molar-refractivity contribution in [1.82, 2.24) is 9.80 Å². The number of benzene rings is 1. The normalized spacial score (nSPS) is 15.4. The van der Waals surface area contributed by atoms with Gasteiger partial charge in [0.05, 0.1) is 32.7 Å². The number of furan rings is 1. The molecule has 1 aliphatic heterocycles. The molecule has 0 bridgehead atoms. The number of piperidine rings is 1. The summed E-state index contributed by atoms with van der Waals surface area (Å²) in [5.74, 6) is 2.37. The third-order valence-electron chi connectivity index (χ3n) is 4.94. The van der Waals surface area contributed by atoms with E-state index in [1.807, 2.05) is 30.3 Å². The van der Waals surface area contributed by atoms with Gasteiger partial charge in [-0.2, -0.15) is 0 Å². The van der Waals surface area contributed by atoms with E-state index in [1.165, 1.54) is 0 Å². The van der Waals surface area contributed by atoms with Crippen molar-refractivity contribution in [3.8, 4) is 11.5 Å². The monoisotopic (exact) mass is 389 g/mol. The molecule has 1 saturated heterocycles. The zero-order valence-electron chi connectivity index (χ0n) is 16.1. The van der Waals surface area contributed by atoms with Crippen LogP contribution >= 0.6 is 12.2 Å². The third-order valence-corrected chi connectivity index (χ3v) is 5.28. The third kappa shape index (κ3) is 4.93. The van der Waals surface area contributed by atoms with Gasteiger partial charge in [0.2, 0.25) is 0 Å². The van der Waals surface area contributed by atoms with Gasteiger partial charge in [-0.3, -0.25) is 0 Å². The lowest BCUT2D eigenvalue weighted by atomic mass is 10.0. The summed E-state index contributed by atoms with van der Waals surface area (Å²) in [7, 11) is 5.45. The second kappa shape index (κ2) is 9.10. The topological polar surface area (TPSA) is 50.1 Å². The Balaban J connectivity index is 1.80. The number of rotatable bonds is 6. The van der Waals surface area contributed by atoms with Crippen molar-refractivity contribution >= 4 is 23.0 Å². The molecule has 1 fully saturated rings. The molecule has 0 radical (unpaired) electrons. The Morgan fingerprint density at radius 3 is 2.67 bits per heavy atom. The molecule has 1 aliphatic rings. The van der Waals surface area contributed by atoms with Crippen molar-refractivity contribution in [2.75, 3.05) is 39.7 Å². The molecule has 1 N–H and O–H groups in total. The number of nitrogens with zero attached hydrogens (tertiary/aromatic N) is 2. The summed E-state index contributed by atoms with van der Waals surface area (Å²) in [6, 6.07) is 9.88. The van der Waals surface area contributed by atoms with Crippen molar-refractivity contribution in [2.24, 2.45) is 0 Å². The van der Waals surface area contributed by atoms with Gasteiger partial charge in [0.25, 0.3) is 0 Å². The highest BCUT2D eigenvalue weighted by Crippen LogP contribution is 2.30. The van der Waals surface area contributed by atoms with Crippen LogP contribution in [-0.2, 0) is 6.54 Å². The largest absolute Gasteiger partial charge is 0.497 e. The quantitative estimate of drug-likeness (QED) is 0.758. The van der Waals surface area contributed by atoms with Gasteiger partial charge in [-0.25, -0.2) is 0 Å². The second-order valence-corrected chi connectivity index (χ2v) is 7.12. The van der Waals surface area contributed by atoms with Gasteiger partial charge in [-0.15, -0.1) is 0 Å². The van der Waals surface area contributed by atoms with Crippen molar-refractivity contribution in [3.05, 3.63) is 42.4 Å².